The Kier molecular flexibility index (Phi) is 2.90. The summed E-state index contributed by atoms with van der Waals surface area (Å²) >= 11 is 0. The van der Waals surface area contributed by atoms with Crippen LogP contribution in [0.25, 0.3) is 10.9 Å². The van der Waals surface area contributed by atoms with Crippen molar-refractivity contribution in [3.8, 4) is 5.75 Å². The van der Waals surface area contributed by atoms with E-state index in [1.807, 2.05) is 35.0 Å². The molecule has 0 fully saturated rings. The molecular formula is C14H12N2O4. The zero-order chi connectivity index (χ0) is 14.1. The molecule has 0 aliphatic rings. The van der Waals surface area contributed by atoms with Crippen molar-refractivity contribution in [1.82, 2.24) is 9.72 Å². The van der Waals surface area contributed by atoms with E-state index in [2.05, 4.69) is 5.16 Å². The lowest BCUT2D eigenvalue weighted by molar-refractivity contribution is 0.0685. The zero-order valence-corrected chi connectivity index (χ0v) is 10.7. The molecule has 3 aromatic rings. The van der Waals surface area contributed by atoms with E-state index in [0.29, 0.717) is 12.3 Å². The Hall–Kier alpha value is -2.76. The smallest absolute Gasteiger partial charge is 0.358 e. The van der Waals surface area contributed by atoms with Crippen LogP contribution in [-0.4, -0.2) is 27.9 Å². The van der Waals surface area contributed by atoms with Gasteiger partial charge in [-0.3, -0.25) is 0 Å². The maximum absolute atomic E-state index is 10.8. The highest BCUT2D eigenvalue weighted by molar-refractivity contribution is 5.86. The van der Waals surface area contributed by atoms with Crippen molar-refractivity contribution in [1.29, 1.82) is 0 Å². The Morgan fingerprint density at radius 1 is 1.45 bits per heavy atom. The monoisotopic (exact) mass is 272 g/mol. The summed E-state index contributed by atoms with van der Waals surface area (Å²) in [6.45, 7) is 0.414. The van der Waals surface area contributed by atoms with Gasteiger partial charge in [0.25, 0.3) is 0 Å². The zero-order valence-electron chi connectivity index (χ0n) is 10.7. The van der Waals surface area contributed by atoms with E-state index >= 15 is 0 Å². The molecule has 2 heterocycles. The van der Waals surface area contributed by atoms with Crippen LogP contribution < -0.4 is 4.74 Å². The van der Waals surface area contributed by atoms with Gasteiger partial charge in [-0.2, -0.15) is 0 Å². The van der Waals surface area contributed by atoms with Crippen LogP contribution in [0.1, 0.15) is 16.2 Å². The van der Waals surface area contributed by atoms with Crippen LogP contribution >= 0.6 is 0 Å². The molecular weight excluding hydrogens is 260 g/mol. The largest absolute Gasteiger partial charge is 0.496 e. The third-order valence-electron chi connectivity index (χ3n) is 3.10. The topological polar surface area (TPSA) is 77.5 Å². The van der Waals surface area contributed by atoms with Crippen molar-refractivity contribution < 1.29 is 19.2 Å². The molecule has 0 bridgehead atoms. The summed E-state index contributed by atoms with van der Waals surface area (Å²) in [5.41, 5.74) is 0.895. The third kappa shape index (κ3) is 2.01. The average Bonchev–Trinajstić information content (AvgIpc) is 3.06. The summed E-state index contributed by atoms with van der Waals surface area (Å²) in [4.78, 5) is 10.8. The van der Waals surface area contributed by atoms with Gasteiger partial charge in [0.15, 0.2) is 11.5 Å². The second-order valence-corrected chi connectivity index (χ2v) is 4.32. The summed E-state index contributed by atoms with van der Waals surface area (Å²) in [7, 11) is 1.63. The number of hydrogen-bond donors (Lipinski definition) is 1. The first-order valence-electron chi connectivity index (χ1n) is 6.00. The molecule has 1 N–H and O–H groups in total. The molecule has 0 amide bonds. The van der Waals surface area contributed by atoms with Gasteiger partial charge in [0.05, 0.1) is 19.2 Å². The molecule has 0 saturated heterocycles. The molecule has 0 atom stereocenters. The lowest BCUT2D eigenvalue weighted by Crippen LogP contribution is -1.97. The normalized spacial score (nSPS) is 10.8. The molecule has 20 heavy (non-hydrogen) atoms. The Morgan fingerprint density at radius 3 is 3.00 bits per heavy atom. The SMILES string of the molecule is COc1cccc2c1ccn2Cc1cc(C(=O)O)no1. The quantitative estimate of drug-likeness (QED) is 0.789. The predicted molar refractivity (Wildman–Crippen MR) is 71.1 cm³/mol. The maximum atomic E-state index is 10.8. The van der Waals surface area contributed by atoms with Crippen LogP contribution in [-0.2, 0) is 6.54 Å². The van der Waals surface area contributed by atoms with E-state index in [4.69, 9.17) is 14.4 Å². The second kappa shape index (κ2) is 4.73. The minimum absolute atomic E-state index is 0.0888. The van der Waals surface area contributed by atoms with E-state index in [9.17, 15) is 4.79 Å². The van der Waals surface area contributed by atoms with Crippen molar-refractivity contribution in [2.24, 2.45) is 0 Å². The van der Waals surface area contributed by atoms with E-state index in [-0.39, 0.29) is 5.69 Å². The van der Waals surface area contributed by atoms with Crippen LogP contribution in [0.5, 0.6) is 5.75 Å². The van der Waals surface area contributed by atoms with Gasteiger partial charge < -0.3 is 18.9 Å². The van der Waals surface area contributed by atoms with Crippen LogP contribution in [0.4, 0.5) is 0 Å². The van der Waals surface area contributed by atoms with E-state index in [1.165, 1.54) is 6.07 Å². The van der Waals surface area contributed by atoms with Crippen molar-refractivity contribution >= 4 is 16.9 Å². The van der Waals surface area contributed by atoms with Gasteiger partial charge in [-0.15, -0.1) is 0 Å². The summed E-state index contributed by atoms with van der Waals surface area (Å²) in [6, 6.07) is 9.13. The first-order chi connectivity index (χ1) is 9.69. The Balaban J connectivity index is 1.96. The fraction of sp³-hybridized carbons (Fsp3) is 0.143. The second-order valence-electron chi connectivity index (χ2n) is 4.32. The number of ether oxygens (including phenoxy) is 1. The molecule has 0 aliphatic heterocycles. The lowest BCUT2D eigenvalue weighted by Gasteiger charge is -2.04. The number of aromatic nitrogens is 2. The molecule has 0 radical (unpaired) electrons. The van der Waals surface area contributed by atoms with Gasteiger partial charge in [-0.05, 0) is 18.2 Å². The summed E-state index contributed by atoms with van der Waals surface area (Å²) in [6.07, 6.45) is 1.90. The molecule has 102 valence electrons. The van der Waals surface area contributed by atoms with Crippen LogP contribution in [0.3, 0.4) is 0 Å². The summed E-state index contributed by atoms with van der Waals surface area (Å²) in [5, 5.41) is 13.3. The van der Waals surface area contributed by atoms with Gasteiger partial charge in [0, 0.05) is 17.6 Å². The van der Waals surface area contributed by atoms with Crippen molar-refractivity contribution in [3.05, 3.63) is 48.0 Å². The highest BCUT2D eigenvalue weighted by Gasteiger charge is 2.12. The predicted octanol–water partition coefficient (Wildman–Crippen LogP) is 2.38. The number of carboxylic acids is 1. The third-order valence-corrected chi connectivity index (χ3v) is 3.10. The van der Waals surface area contributed by atoms with Gasteiger partial charge in [0.2, 0.25) is 0 Å². The number of hydrogen-bond acceptors (Lipinski definition) is 4. The molecule has 3 rings (SSSR count). The Labute approximate surface area is 114 Å². The molecule has 6 heteroatoms. The summed E-state index contributed by atoms with van der Waals surface area (Å²) < 4.78 is 12.3. The molecule has 0 saturated carbocycles. The maximum Gasteiger partial charge on any atom is 0.358 e. The van der Waals surface area contributed by atoms with E-state index in [1.54, 1.807) is 7.11 Å². The van der Waals surface area contributed by atoms with Crippen LogP contribution in [0, 0.1) is 0 Å². The van der Waals surface area contributed by atoms with E-state index < -0.39 is 5.97 Å². The average molecular weight is 272 g/mol. The lowest BCUT2D eigenvalue weighted by atomic mass is 10.2. The minimum Gasteiger partial charge on any atom is -0.496 e. The number of carboxylic acid groups (broad SMARTS) is 1. The Bertz CT molecular complexity index is 772. The molecule has 0 spiro atoms. The number of carbonyl (C=O) groups is 1. The summed E-state index contributed by atoms with van der Waals surface area (Å²) in [5.74, 6) is 0.187. The van der Waals surface area contributed by atoms with Crippen molar-refractivity contribution in [2.45, 2.75) is 6.54 Å². The number of aromatic carboxylic acids is 1. The standard InChI is InChI=1S/C14H12N2O4/c1-19-13-4-2-3-12-10(13)5-6-16(12)8-9-7-11(14(17)18)15-20-9/h2-7H,8H2,1H3,(H,17,18). The van der Waals surface area contributed by atoms with Gasteiger partial charge >= 0.3 is 5.97 Å². The minimum atomic E-state index is -1.10. The van der Waals surface area contributed by atoms with Crippen LogP contribution in [0.15, 0.2) is 41.1 Å². The molecule has 6 nitrogen and oxygen atoms in total. The molecule has 1 aromatic carbocycles. The van der Waals surface area contributed by atoms with Crippen molar-refractivity contribution in [3.63, 3.8) is 0 Å². The number of nitrogens with zero attached hydrogens (tertiary/aromatic N) is 2. The van der Waals surface area contributed by atoms with Crippen LogP contribution in [0.2, 0.25) is 0 Å². The molecule has 2 aromatic heterocycles. The number of fused-ring (bicyclic) bond motifs is 1. The highest BCUT2D eigenvalue weighted by Crippen LogP contribution is 2.26. The van der Waals surface area contributed by atoms with Crippen molar-refractivity contribution in [2.75, 3.05) is 7.11 Å². The first-order valence-corrected chi connectivity index (χ1v) is 6.00. The highest BCUT2D eigenvalue weighted by atomic mass is 16.5. The number of methoxy groups -OCH3 is 1. The molecule has 0 unspecified atom stereocenters. The fourth-order valence-electron chi connectivity index (χ4n) is 2.17. The van der Waals surface area contributed by atoms with Gasteiger partial charge in [-0.1, -0.05) is 11.2 Å². The first kappa shape index (κ1) is 12.3. The fourth-order valence-corrected chi connectivity index (χ4v) is 2.17. The van der Waals surface area contributed by atoms with Gasteiger partial charge in [-0.25, -0.2) is 4.79 Å². The molecule has 0 aliphatic carbocycles. The van der Waals surface area contributed by atoms with E-state index in [0.717, 1.165) is 16.7 Å². The number of benzene rings is 1. The van der Waals surface area contributed by atoms with Gasteiger partial charge in [0.1, 0.15) is 5.75 Å². The number of rotatable bonds is 4. The Morgan fingerprint density at radius 2 is 2.30 bits per heavy atom.